The minimum absolute atomic E-state index is 0.0714. The Labute approximate surface area is 106 Å². The van der Waals surface area contributed by atoms with Crippen molar-refractivity contribution in [1.82, 2.24) is 4.98 Å². The minimum atomic E-state index is -2.99. The van der Waals surface area contributed by atoms with E-state index in [1.54, 1.807) is 0 Å². The number of nitrogens with zero attached hydrogens (tertiary/aromatic N) is 2. The van der Waals surface area contributed by atoms with Crippen molar-refractivity contribution < 1.29 is 28.0 Å². The highest BCUT2D eigenvalue weighted by molar-refractivity contribution is 5.96. The van der Waals surface area contributed by atoms with E-state index in [-0.39, 0.29) is 6.61 Å². The van der Waals surface area contributed by atoms with E-state index in [0.29, 0.717) is 6.20 Å². The third-order valence-corrected chi connectivity index (χ3v) is 2.13. The molecule has 0 bridgehead atoms. The Morgan fingerprint density at radius 2 is 2.21 bits per heavy atom. The normalized spacial score (nSPS) is 10.4. The molecule has 1 aromatic heterocycles. The summed E-state index contributed by atoms with van der Waals surface area (Å²) in [5, 5.41) is 10.8. The van der Waals surface area contributed by atoms with Gasteiger partial charge in [-0.15, -0.1) is 0 Å². The Balaban J connectivity index is 3.54. The maximum Gasteiger partial charge on any atom is 0.382 e. The van der Waals surface area contributed by atoms with E-state index in [1.807, 2.05) is 0 Å². The quantitative estimate of drug-likeness (QED) is 0.464. The van der Waals surface area contributed by atoms with Gasteiger partial charge in [0.25, 0.3) is 6.43 Å². The Hall–Kier alpha value is -2.32. The molecule has 1 rings (SSSR count). The Morgan fingerprint density at radius 1 is 1.58 bits per heavy atom. The molecule has 0 aliphatic carbocycles. The fourth-order valence-electron chi connectivity index (χ4n) is 1.40. The van der Waals surface area contributed by atoms with Gasteiger partial charge in [-0.1, -0.05) is 0 Å². The maximum atomic E-state index is 12.7. The molecule has 0 atom stereocenters. The fraction of sp³-hybridized carbons (Fsp3) is 0.400. The highest BCUT2D eigenvalue weighted by Gasteiger charge is 2.33. The zero-order chi connectivity index (χ0) is 14.6. The van der Waals surface area contributed by atoms with E-state index in [0.717, 1.165) is 7.11 Å². The van der Waals surface area contributed by atoms with Gasteiger partial charge in [0.15, 0.2) is 17.5 Å². The summed E-state index contributed by atoms with van der Waals surface area (Å²) >= 11 is 0. The topological polar surface area (TPSA) is 91.6 Å². The molecule has 0 fully saturated rings. The van der Waals surface area contributed by atoms with Crippen molar-refractivity contribution in [1.29, 1.82) is 0 Å². The lowest BCUT2D eigenvalue weighted by molar-refractivity contribution is -0.390. The average Bonchev–Trinajstić information content (AvgIpc) is 2.36. The van der Waals surface area contributed by atoms with Crippen LogP contribution >= 0.6 is 0 Å². The van der Waals surface area contributed by atoms with Gasteiger partial charge in [-0.05, 0) is 16.8 Å². The van der Waals surface area contributed by atoms with Crippen molar-refractivity contribution in [3.8, 4) is 5.75 Å². The lowest BCUT2D eigenvalue weighted by atomic mass is 10.1. The van der Waals surface area contributed by atoms with E-state index in [9.17, 15) is 23.7 Å². The number of esters is 1. The summed E-state index contributed by atoms with van der Waals surface area (Å²) in [5.74, 6) is -2.63. The number of alkyl halides is 2. The van der Waals surface area contributed by atoms with Gasteiger partial charge in [0.1, 0.15) is 5.56 Å². The van der Waals surface area contributed by atoms with Gasteiger partial charge in [-0.3, -0.25) is 0 Å². The summed E-state index contributed by atoms with van der Waals surface area (Å²) in [4.78, 5) is 24.7. The molecule has 104 valence electrons. The molecule has 0 aliphatic rings. The third kappa shape index (κ3) is 2.92. The first-order chi connectivity index (χ1) is 8.93. The van der Waals surface area contributed by atoms with Crippen molar-refractivity contribution >= 4 is 11.8 Å². The molecule has 7 nitrogen and oxygen atoms in total. The van der Waals surface area contributed by atoms with Crippen LogP contribution in [0.15, 0.2) is 6.20 Å². The van der Waals surface area contributed by atoms with Crippen LogP contribution in [0.4, 0.5) is 14.6 Å². The van der Waals surface area contributed by atoms with E-state index in [4.69, 9.17) is 0 Å². The standard InChI is InChI=1S/C10H10F2N2O5/c1-3-19-10(15)6-7(18-2)5(8(11)12)4-13-9(6)14(16)17/h4,8H,3H2,1-2H3. The van der Waals surface area contributed by atoms with Gasteiger partial charge < -0.3 is 19.6 Å². The van der Waals surface area contributed by atoms with Crippen LogP contribution < -0.4 is 4.74 Å². The SMILES string of the molecule is CCOC(=O)c1c([N+](=O)[O-])ncc(C(F)F)c1OC. The number of rotatable bonds is 5. The zero-order valence-corrected chi connectivity index (χ0v) is 10.1. The zero-order valence-electron chi connectivity index (χ0n) is 10.1. The van der Waals surface area contributed by atoms with Crippen LogP contribution in [0.25, 0.3) is 0 Å². The Morgan fingerprint density at radius 3 is 2.63 bits per heavy atom. The van der Waals surface area contributed by atoms with Crippen LogP contribution in [0.2, 0.25) is 0 Å². The van der Waals surface area contributed by atoms with Crippen LogP contribution in [0, 0.1) is 10.1 Å². The Kier molecular flexibility index (Phi) is 4.67. The number of carbonyl (C=O) groups is 1. The molecule has 0 amide bonds. The van der Waals surface area contributed by atoms with Crippen molar-refractivity contribution in [2.24, 2.45) is 0 Å². The molecule has 0 N–H and O–H groups in total. The molecule has 0 aromatic carbocycles. The monoisotopic (exact) mass is 276 g/mol. The highest BCUT2D eigenvalue weighted by atomic mass is 19.3. The molecular weight excluding hydrogens is 266 g/mol. The van der Waals surface area contributed by atoms with Crippen molar-refractivity contribution in [2.45, 2.75) is 13.3 Å². The number of hydrogen-bond acceptors (Lipinski definition) is 6. The molecular formula is C10H10F2N2O5. The first kappa shape index (κ1) is 14.7. The van der Waals surface area contributed by atoms with E-state index >= 15 is 0 Å². The third-order valence-electron chi connectivity index (χ3n) is 2.13. The summed E-state index contributed by atoms with van der Waals surface area (Å²) < 4.78 is 34.7. The molecule has 1 aromatic rings. The summed E-state index contributed by atoms with van der Waals surface area (Å²) in [6, 6.07) is 0. The average molecular weight is 276 g/mol. The smallest absolute Gasteiger partial charge is 0.382 e. The predicted molar refractivity (Wildman–Crippen MR) is 58.4 cm³/mol. The second-order valence-corrected chi connectivity index (χ2v) is 3.22. The number of pyridine rings is 1. The van der Waals surface area contributed by atoms with Gasteiger partial charge in [0, 0.05) is 0 Å². The van der Waals surface area contributed by atoms with Crippen LogP contribution in [-0.4, -0.2) is 29.6 Å². The van der Waals surface area contributed by atoms with E-state index < -0.39 is 40.0 Å². The molecule has 0 aliphatic heterocycles. The first-order valence-electron chi connectivity index (χ1n) is 5.10. The van der Waals surface area contributed by atoms with E-state index in [1.165, 1.54) is 6.92 Å². The van der Waals surface area contributed by atoms with Gasteiger partial charge in [-0.2, -0.15) is 0 Å². The second kappa shape index (κ2) is 6.03. The Bertz CT molecular complexity index is 507. The number of halogens is 2. The minimum Gasteiger partial charge on any atom is -0.495 e. The van der Waals surface area contributed by atoms with Gasteiger partial charge in [0.2, 0.25) is 0 Å². The van der Waals surface area contributed by atoms with Crippen molar-refractivity contribution in [2.75, 3.05) is 13.7 Å². The number of nitro groups is 1. The van der Waals surface area contributed by atoms with Crippen LogP contribution in [0.3, 0.4) is 0 Å². The molecule has 19 heavy (non-hydrogen) atoms. The lowest BCUT2D eigenvalue weighted by Crippen LogP contribution is -2.13. The van der Waals surface area contributed by atoms with Gasteiger partial charge >= 0.3 is 11.8 Å². The molecule has 0 saturated heterocycles. The maximum absolute atomic E-state index is 12.7. The highest BCUT2D eigenvalue weighted by Crippen LogP contribution is 2.35. The van der Waals surface area contributed by atoms with Gasteiger partial charge in [0.05, 0.1) is 13.7 Å². The molecule has 1 heterocycles. The predicted octanol–water partition coefficient (Wildman–Crippen LogP) is 2.11. The van der Waals surface area contributed by atoms with Crippen LogP contribution in [-0.2, 0) is 4.74 Å². The summed E-state index contributed by atoms with van der Waals surface area (Å²) in [6.07, 6.45) is -2.39. The van der Waals surface area contributed by atoms with Crippen molar-refractivity contribution in [3.63, 3.8) is 0 Å². The van der Waals surface area contributed by atoms with Gasteiger partial charge in [-0.25, -0.2) is 13.6 Å². The molecule has 0 unspecified atom stereocenters. The molecule has 0 saturated carbocycles. The summed E-state index contributed by atoms with van der Waals surface area (Å²) in [6.45, 7) is 1.40. The molecule has 0 radical (unpaired) electrons. The number of methoxy groups -OCH3 is 1. The van der Waals surface area contributed by atoms with E-state index in [2.05, 4.69) is 14.5 Å². The molecule has 9 heteroatoms. The number of ether oxygens (including phenoxy) is 2. The van der Waals surface area contributed by atoms with Crippen LogP contribution in [0.5, 0.6) is 5.75 Å². The number of hydrogen-bond donors (Lipinski definition) is 0. The van der Waals surface area contributed by atoms with Crippen molar-refractivity contribution in [3.05, 3.63) is 27.4 Å². The van der Waals surface area contributed by atoms with Crippen LogP contribution in [0.1, 0.15) is 29.3 Å². The molecule has 0 spiro atoms. The summed E-state index contributed by atoms with van der Waals surface area (Å²) in [5.41, 5.74) is -1.43. The number of carbonyl (C=O) groups excluding carboxylic acids is 1. The largest absolute Gasteiger partial charge is 0.495 e. The number of aromatic nitrogens is 1. The first-order valence-corrected chi connectivity index (χ1v) is 5.10. The second-order valence-electron chi connectivity index (χ2n) is 3.22. The summed E-state index contributed by atoms with van der Waals surface area (Å²) in [7, 11) is 1.02. The fourth-order valence-corrected chi connectivity index (χ4v) is 1.40. The lowest BCUT2D eigenvalue weighted by Gasteiger charge is -2.11.